The molecule has 38 valence electrons. The van der Waals surface area contributed by atoms with Crippen molar-refractivity contribution in [1.82, 2.24) is 5.01 Å². The van der Waals surface area contributed by atoms with Crippen LogP contribution in [0.3, 0.4) is 0 Å². The Morgan fingerprint density at radius 3 is 2.33 bits per heavy atom. The van der Waals surface area contributed by atoms with Crippen molar-refractivity contribution in [1.29, 1.82) is 0 Å². The number of alkyl halides is 1. The predicted molar refractivity (Wildman–Crippen MR) is 22.8 cm³/mol. The highest BCUT2D eigenvalue weighted by Crippen LogP contribution is 1.67. The van der Waals surface area contributed by atoms with Gasteiger partial charge in [-0.25, -0.2) is 9.40 Å². The third-order valence-electron chi connectivity index (χ3n) is 0.437. The standard InChI is InChI=1S/C3H9FN2/c1-6(5)3-2-4/h2-3,5H2,1H3. The first-order valence-corrected chi connectivity index (χ1v) is 1.79. The summed E-state index contributed by atoms with van der Waals surface area (Å²) in [5, 5.41) is 1.31. The van der Waals surface area contributed by atoms with Gasteiger partial charge in [0.25, 0.3) is 0 Å². The Morgan fingerprint density at radius 2 is 2.33 bits per heavy atom. The normalized spacial score (nSPS) is 10.0. The molecule has 3 heteroatoms. The second kappa shape index (κ2) is 3.06. The summed E-state index contributed by atoms with van der Waals surface area (Å²) in [4.78, 5) is 0. The lowest BCUT2D eigenvalue weighted by Crippen LogP contribution is -2.27. The minimum atomic E-state index is -0.368. The minimum Gasteiger partial charge on any atom is -0.269 e. The molecule has 0 atom stereocenters. The quantitative estimate of drug-likeness (QED) is 0.376. The first kappa shape index (κ1) is 5.85. The number of hydrazine groups is 1. The molecule has 6 heavy (non-hydrogen) atoms. The van der Waals surface area contributed by atoms with E-state index in [1.165, 1.54) is 5.01 Å². The van der Waals surface area contributed by atoms with Crippen LogP contribution in [0, 0.1) is 0 Å². The number of hydrogen-bond acceptors (Lipinski definition) is 2. The van der Waals surface area contributed by atoms with E-state index in [4.69, 9.17) is 5.84 Å². The van der Waals surface area contributed by atoms with Crippen molar-refractivity contribution in [2.45, 2.75) is 0 Å². The van der Waals surface area contributed by atoms with Crippen LogP contribution in [0.2, 0.25) is 0 Å². The molecule has 0 unspecified atom stereocenters. The van der Waals surface area contributed by atoms with Crippen LogP contribution in [-0.2, 0) is 0 Å². The monoisotopic (exact) mass is 92.1 g/mol. The SMILES string of the molecule is CN(N)CCF. The van der Waals surface area contributed by atoms with Crippen LogP contribution in [0.1, 0.15) is 0 Å². The highest BCUT2D eigenvalue weighted by Gasteiger charge is 1.82. The van der Waals surface area contributed by atoms with Gasteiger partial charge in [0.15, 0.2) is 0 Å². The van der Waals surface area contributed by atoms with E-state index in [0.717, 1.165) is 0 Å². The van der Waals surface area contributed by atoms with Gasteiger partial charge < -0.3 is 0 Å². The fraction of sp³-hybridized carbons (Fsp3) is 1.00. The fourth-order valence-corrected chi connectivity index (χ4v) is 0.133. The minimum absolute atomic E-state index is 0.319. The van der Waals surface area contributed by atoms with Gasteiger partial charge in [-0.1, -0.05) is 0 Å². The average Bonchev–Trinajstić information content (AvgIpc) is 1.35. The van der Waals surface area contributed by atoms with Crippen LogP contribution >= 0.6 is 0 Å². The Hall–Kier alpha value is -0.150. The Kier molecular flexibility index (Phi) is 2.98. The first-order chi connectivity index (χ1) is 2.77. The van der Waals surface area contributed by atoms with E-state index in [-0.39, 0.29) is 6.67 Å². The van der Waals surface area contributed by atoms with Crippen LogP contribution < -0.4 is 5.84 Å². The summed E-state index contributed by atoms with van der Waals surface area (Å²) < 4.78 is 11.1. The number of rotatable bonds is 2. The highest BCUT2D eigenvalue weighted by molar-refractivity contribution is 4.31. The van der Waals surface area contributed by atoms with E-state index >= 15 is 0 Å². The molecular weight excluding hydrogens is 83.0 g/mol. The summed E-state index contributed by atoms with van der Waals surface area (Å²) in [6, 6.07) is 0. The van der Waals surface area contributed by atoms with Gasteiger partial charge in [-0.3, -0.25) is 5.84 Å². The topological polar surface area (TPSA) is 29.3 Å². The van der Waals surface area contributed by atoms with E-state index in [0.29, 0.717) is 6.54 Å². The van der Waals surface area contributed by atoms with Gasteiger partial charge in [-0.05, 0) is 0 Å². The second-order valence-electron chi connectivity index (χ2n) is 1.17. The number of nitrogens with zero attached hydrogens (tertiary/aromatic N) is 1. The molecule has 0 aliphatic rings. The zero-order valence-corrected chi connectivity index (χ0v) is 3.82. The molecule has 0 saturated heterocycles. The highest BCUT2D eigenvalue weighted by atomic mass is 19.1. The number of halogens is 1. The van der Waals surface area contributed by atoms with Gasteiger partial charge in [-0.2, -0.15) is 0 Å². The van der Waals surface area contributed by atoms with Crippen LogP contribution in [0.25, 0.3) is 0 Å². The zero-order valence-electron chi connectivity index (χ0n) is 3.82. The predicted octanol–water partition coefficient (Wildman–Crippen LogP) is -0.239. The van der Waals surface area contributed by atoms with Gasteiger partial charge in [0, 0.05) is 13.6 Å². The molecule has 0 aromatic carbocycles. The molecule has 0 radical (unpaired) electrons. The van der Waals surface area contributed by atoms with Crippen molar-refractivity contribution in [3.05, 3.63) is 0 Å². The third kappa shape index (κ3) is 3.85. The summed E-state index contributed by atoms with van der Waals surface area (Å²) in [5.41, 5.74) is 0. The molecule has 0 fully saturated rings. The van der Waals surface area contributed by atoms with Gasteiger partial charge in [-0.15, -0.1) is 0 Å². The maximum atomic E-state index is 11.1. The number of nitrogens with two attached hydrogens (primary N) is 1. The number of hydrogen-bond donors (Lipinski definition) is 1. The molecule has 0 aliphatic carbocycles. The smallest absolute Gasteiger partial charge is 0.103 e. The molecule has 0 saturated carbocycles. The molecule has 0 spiro atoms. The van der Waals surface area contributed by atoms with Crippen molar-refractivity contribution in [3.63, 3.8) is 0 Å². The van der Waals surface area contributed by atoms with Crippen LogP contribution in [0.4, 0.5) is 4.39 Å². The van der Waals surface area contributed by atoms with Gasteiger partial charge in [0.05, 0.1) is 0 Å². The summed E-state index contributed by atoms with van der Waals surface area (Å²) >= 11 is 0. The summed E-state index contributed by atoms with van der Waals surface area (Å²) in [6.45, 7) is -0.0486. The van der Waals surface area contributed by atoms with E-state index in [9.17, 15) is 4.39 Å². The molecule has 0 aliphatic heterocycles. The summed E-state index contributed by atoms with van der Waals surface area (Å²) in [6.07, 6.45) is 0. The van der Waals surface area contributed by atoms with E-state index in [2.05, 4.69) is 0 Å². The molecule has 0 rings (SSSR count). The molecule has 2 N–H and O–H groups in total. The lowest BCUT2D eigenvalue weighted by Gasteiger charge is -2.02. The summed E-state index contributed by atoms with van der Waals surface area (Å²) in [5.74, 6) is 5.00. The molecule has 0 amide bonds. The van der Waals surface area contributed by atoms with E-state index in [1.54, 1.807) is 7.05 Å². The molecule has 0 heterocycles. The Bertz CT molecular complexity index is 30.0. The van der Waals surface area contributed by atoms with Crippen molar-refractivity contribution >= 4 is 0 Å². The summed E-state index contributed by atoms with van der Waals surface area (Å²) in [7, 11) is 1.62. The van der Waals surface area contributed by atoms with E-state index < -0.39 is 0 Å². The Labute approximate surface area is 36.7 Å². The molecular formula is C3H9FN2. The zero-order chi connectivity index (χ0) is 4.99. The lowest BCUT2D eigenvalue weighted by atomic mass is 10.7. The Morgan fingerprint density at radius 1 is 1.83 bits per heavy atom. The van der Waals surface area contributed by atoms with Gasteiger partial charge >= 0.3 is 0 Å². The van der Waals surface area contributed by atoms with Crippen LogP contribution in [0.15, 0.2) is 0 Å². The van der Waals surface area contributed by atoms with Crippen LogP contribution in [0.5, 0.6) is 0 Å². The van der Waals surface area contributed by atoms with Crippen molar-refractivity contribution in [2.24, 2.45) is 5.84 Å². The largest absolute Gasteiger partial charge is 0.269 e. The van der Waals surface area contributed by atoms with Gasteiger partial charge in [0.2, 0.25) is 0 Å². The average molecular weight is 92.1 g/mol. The third-order valence-corrected chi connectivity index (χ3v) is 0.437. The molecule has 0 aromatic heterocycles. The van der Waals surface area contributed by atoms with Crippen molar-refractivity contribution < 1.29 is 4.39 Å². The fourth-order valence-electron chi connectivity index (χ4n) is 0.133. The van der Waals surface area contributed by atoms with E-state index in [1.807, 2.05) is 0 Å². The van der Waals surface area contributed by atoms with Gasteiger partial charge in [0.1, 0.15) is 6.67 Å². The molecule has 0 bridgehead atoms. The molecule has 2 nitrogen and oxygen atoms in total. The maximum Gasteiger partial charge on any atom is 0.103 e. The van der Waals surface area contributed by atoms with Crippen molar-refractivity contribution in [2.75, 3.05) is 20.3 Å². The van der Waals surface area contributed by atoms with Crippen molar-refractivity contribution in [3.8, 4) is 0 Å². The lowest BCUT2D eigenvalue weighted by molar-refractivity contribution is 0.304. The van der Waals surface area contributed by atoms with Crippen LogP contribution in [-0.4, -0.2) is 25.3 Å². The molecule has 0 aromatic rings. The first-order valence-electron chi connectivity index (χ1n) is 1.79. The maximum absolute atomic E-state index is 11.1. The second-order valence-corrected chi connectivity index (χ2v) is 1.17. The Balaban J connectivity index is 2.63.